The standard InChI is InChI=1S/C26H29N3O5/c1-17-13-18(2)24-20(14-17)23(30)16-26(34-24)7-11-28(12-8-26)25(31)19-5-6-21(22(15-19)29(32)33)27-9-3-4-10-27/h5-6,13-15H,3-4,7-12,16H2,1-2H3. The molecule has 0 saturated carbocycles. The highest BCUT2D eigenvalue weighted by Crippen LogP contribution is 2.42. The molecule has 3 aliphatic heterocycles. The number of nitrogens with zero attached hydrogens (tertiary/aromatic N) is 3. The number of carbonyl (C=O) groups excluding carboxylic acids is 2. The van der Waals surface area contributed by atoms with Crippen molar-refractivity contribution < 1.29 is 19.2 Å². The van der Waals surface area contributed by atoms with Gasteiger partial charge >= 0.3 is 0 Å². The largest absolute Gasteiger partial charge is 0.486 e. The predicted octanol–water partition coefficient (Wildman–Crippen LogP) is 4.45. The van der Waals surface area contributed by atoms with Crippen molar-refractivity contribution in [2.45, 2.75) is 51.6 Å². The van der Waals surface area contributed by atoms with Gasteiger partial charge in [-0.1, -0.05) is 6.07 Å². The minimum Gasteiger partial charge on any atom is -0.486 e. The van der Waals surface area contributed by atoms with E-state index in [-0.39, 0.29) is 17.4 Å². The van der Waals surface area contributed by atoms with E-state index in [1.807, 2.05) is 30.9 Å². The normalized spacial score (nSPS) is 19.2. The summed E-state index contributed by atoms with van der Waals surface area (Å²) in [5.74, 6) is 0.524. The second kappa shape index (κ2) is 8.42. The number of nitro benzene ring substituents is 1. The maximum absolute atomic E-state index is 13.2. The molecule has 3 heterocycles. The summed E-state index contributed by atoms with van der Waals surface area (Å²) in [6.07, 6.45) is 3.43. The molecule has 5 rings (SSSR count). The van der Waals surface area contributed by atoms with Gasteiger partial charge in [0.05, 0.1) is 16.9 Å². The van der Waals surface area contributed by atoms with Crippen LogP contribution < -0.4 is 9.64 Å². The second-order valence-electron chi connectivity index (χ2n) is 9.79. The fraction of sp³-hybridized carbons (Fsp3) is 0.462. The van der Waals surface area contributed by atoms with Gasteiger partial charge in [-0.25, -0.2) is 0 Å². The summed E-state index contributed by atoms with van der Waals surface area (Å²) >= 11 is 0. The molecule has 2 aromatic carbocycles. The van der Waals surface area contributed by atoms with Crippen LogP contribution in [-0.2, 0) is 0 Å². The Kier molecular flexibility index (Phi) is 5.54. The third-order valence-corrected chi connectivity index (χ3v) is 7.35. The number of ether oxygens (including phenoxy) is 1. The van der Waals surface area contributed by atoms with Gasteiger partial charge in [0.15, 0.2) is 5.78 Å². The van der Waals surface area contributed by atoms with Gasteiger partial charge in [0.25, 0.3) is 11.6 Å². The van der Waals surface area contributed by atoms with Crippen molar-refractivity contribution in [3.05, 3.63) is 62.7 Å². The lowest BCUT2D eigenvalue weighted by molar-refractivity contribution is -0.384. The molecule has 0 aliphatic carbocycles. The van der Waals surface area contributed by atoms with E-state index in [1.54, 1.807) is 17.0 Å². The average Bonchev–Trinajstić information content (AvgIpc) is 3.35. The number of rotatable bonds is 3. The lowest BCUT2D eigenvalue weighted by Gasteiger charge is -2.44. The van der Waals surface area contributed by atoms with Crippen LogP contribution in [0, 0.1) is 24.0 Å². The van der Waals surface area contributed by atoms with Gasteiger partial charge in [-0.05, 0) is 56.0 Å². The number of carbonyl (C=O) groups is 2. The summed E-state index contributed by atoms with van der Waals surface area (Å²) in [5.41, 5.74) is 2.91. The van der Waals surface area contributed by atoms with E-state index < -0.39 is 10.5 Å². The molecule has 8 heteroatoms. The van der Waals surface area contributed by atoms with Crippen molar-refractivity contribution in [1.82, 2.24) is 4.90 Å². The molecule has 178 valence electrons. The summed E-state index contributed by atoms with van der Waals surface area (Å²) < 4.78 is 6.42. The SMILES string of the molecule is Cc1cc(C)c2c(c1)C(=O)CC1(CCN(C(=O)c3ccc(N4CCCC4)c([N+](=O)[O-])c3)CC1)O2. The van der Waals surface area contributed by atoms with E-state index in [4.69, 9.17) is 4.74 Å². The molecule has 8 nitrogen and oxygen atoms in total. The number of hydrogen-bond donors (Lipinski definition) is 0. The highest BCUT2D eigenvalue weighted by Gasteiger charge is 2.44. The van der Waals surface area contributed by atoms with Crippen LogP contribution in [0.2, 0.25) is 0 Å². The highest BCUT2D eigenvalue weighted by molar-refractivity contribution is 6.01. The Morgan fingerprint density at radius 1 is 1.06 bits per heavy atom. The smallest absolute Gasteiger partial charge is 0.293 e. The van der Waals surface area contributed by atoms with Crippen LogP contribution in [0.15, 0.2) is 30.3 Å². The topological polar surface area (TPSA) is 93.0 Å². The number of aryl methyl sites for hydroxylation is 2. The first-order valence-electron chi connectivity index (χ1n) is 11.9. The number of fused-ring (bicyclic) bond motifs is 1. The number of piperidine rings is 1. The van der Waals surface area contributed by atoms with Crippen molar-refractivity contribution in [3.63, 3.8) is 0 Å². The lowest BCUT2D eigenvalue weighted by Crippen LogP contribution is -2.52. The molecular weight excluding hydrogens is 434 g/mol. The molecule has 0 N–H and O–H groups in total. The first-order chi connectivity index (χ1) is 16.3. The van der Waals surface area contributed by atoms with E-state index in [0.717, 1.165) is 37.1 Å². The van der Waals surface area contributed by atoms with Crippen LogP contribution in [-0.4, -0.2) is 53.3 Å². The van der Waals surface area contributed by atoms with Crippen LogP contribution in [0.3, 0.4) is 0 Å². The molecule has 2 fully saturated rings. The predicted molar refractivity (Wildman–Crippen MR) is 128 cm³/mol. The average molecular weight is 464 g/mol. The number of benzene rings is 2. The first-order valence-corrected chi connectivity index (χ1v) is 11.9. The molecule has 34 heavy (non-hydrogen) atoms. The maximum atomic E-state index is 13.2. The molecule has 0 aromatic heterocycles. The second-order valence-corrected chi connectivity index (χ2v) is 9.79. The summed E-state index contributed by atoms with van der Waals surface area (Å²) in [6.45, 7) is 6.39. The van der Waals surface area contributed by atoms with Gasteiger partial charge in [0, 0.05) is 50.7 Å². The minimum absolute atomic E-state index is 0.0233. The molecule has 0 radical (unpaired) electrons. The maximum Gasteiger partial charge on any atom is 0.293 e. The molecule has 1 amide bonds. The van der Waals surface area contributed by atoms with Gasteiger partial charge in [-0.15, -0.1) is 0 Å². The Hall–Kier alpha value is -3.42. The zero-order valence-corrected chi connectivity index (χ0v) is 19.6. The number of anilines is 1. The Morgan fingerprint density at radius 3 is 2.44 bits per heavy atom. The number of Topliss-reactive ketones (excluding diaryl/α,β-unsaturated/α-hetero) is 1. The third kappa shape index (κ3) is 3.91. The summed E-state index contributed by atoms with van der Waals surface area (Å²) in [7, 11) is 0. The Balaban J connectivity index is 1.32. The van der Waals surface area contributed by atoms with Crippen LogP contribution in [0.4, 0.5) is 11.4 Å². The molecule has 2 aromatic rings. The highest BCUT2D eigenvalue weighted by atomic mass is 16.6. The number of ketones is 1. The van der Waals surface area contributed by atoms with Crippen molar-refractivity contribution in [2.75, 3.05) is 31.1 Å². The van der Waals surface area contributed by atoms with Crippen LogP contribution in [0.1, 0.15) is 63.9 Å². The van der Waals surface area contributed by atoms with E-state index in [2.05, 4.69) is 0 Å². The molecule has 1 spiro atoms. The third-order valence-electron chi connectivity index (χ3n) is 7.35. The van der Waals surface area contributed by atoms with Gasteiger partial charge in [0.2, 0.25) is 0 Å². The van der Waals surface area contributed by atoms with Gasteiger partial charge in [-0.2, -0.15) is 0 Å². The van der Waals surface area contributed by atoms with Crippen LogP contribution in [0.5, 0.6) is 5.75 Å². The molecule has 2 saturated heterocycles. The number of likely N-dealkylation sites (tertiary alicyclic amines) is 1. The monoisotopic (exact) mass is 463 g/mol. The fourth-order valence-electron chi connectivity index (χ4n) is 5.54. The molecule has 0 bridgehead atoms. The van der Waals surface area contributed by atoms with Crippen molar-refractivity contribution in [3.8, 4) is 5.75 Å². The van der Waals surface area contributed by atoms with Gasteiger partial charge < -0.3 is 14.5 Å². The molecule has 0 unspecified atom stereocenters. The number of hydrogen-bond acceptors (Lipinski definition) is 6. The van der Waals surface area contributed by atoms with Gasteiger partial charge in [-0.3, -0.25) is 19.7 Å². The Morgan fingerprint density at radius 2 is 1.76 bits per heavy atom. The molecular formula is C26H29N3O5. The van der Waals surface area contributed by atoms with Crippen LogP contribution >= 0.6 is 0 Å². The van der Waals surface area contributed by atoms with Crippen molar-refractivity contribution in [1.29, 1.82) is 0 Å². The lowest BCUT2D eigenvalue weighted by atomic mass is 9.81. The Bertz CT molecular complexity index is 1180. The number of nitro groups is 1. The fourth-order valence-corrected chi connectivity index (χ4v) is 5.54. The van der Waals surface area contributed by atoms with Crippen molar-refractivity contribution in [2.24, 2.45) is 0 Å². The van der Waals surface area contributed by atoms with Crippen molar-refractivity contribution >= 4 is 23.1 Å². The van der Waals surface area contributed by atoms with Crippen LogP contribution in [0.25, 0.3) is 0 Å². The van der Waals surface area contributed by atoms with Gasteiger partial charge in [0.1, 0.15) is 17.0 Å². The zero-order chi connectivity index (χ0) is 24.0. The zero-order valence-electron chi connectivity index (χ0n) is 19.6. The first kappa shape index (κ1) is 22.4. The summed E-state index contributed by atoms with van der Waals surface area (Å²) in [6, 6.07) is 8.70. The quantitative estimate of drug-likeness (QED) is 0.493. The number of amides is 1. The van der Waals surface area contributed by atoms with E-state index in [9.17, 15) is 19.7 Å². The van der Waals surface area contributed by atoms with E-state index in [0.29, 0.717) is 54.9 Å². The van der Waals surface area contributed by atoms with E-state index >= 15 is 0 Å². The van der Waals surface area contributed by atoms with E-state index in [1.165, 1.54) is 6.07 Å². The molecule has 3 aliphatic rings. The molecule has 0 atom stereocenters. The minimum atomic E-state index is -0.605. The summed E-state index contributed by atoms with van der Waals surface area (Å²) in [5, 5.41) is 11.7. The summed E-state index contributed by atoms with van der Waals surface area (Å²) in [4.78, 5) is 41.2. The Labute approximate surface area is 198 Å².